The van der Waals surface area contributed by atoms with E-state index in [1.54, 1.807) is 6.33 Å². The third-order valence-corrected chi connectivity index (χ3v) is 6.99. The van der Waals surface area contributed by atoms with Gasteiger partial charge in [0.2, 0.25) is 5.91 Å². The zero-order valence-corrected chi connectivity index (χ0v) is 19.0. The molecule has 3 aromatic rings. The molecule has 2 aromatic carbocycles. The van der Waals surface area contributed by atoms with Gasteiger partial charge in [-0.2, -0.15) is 0 Å². The van der Waals surface area contributed by atoms with Gasteiger partial charge < -0.3 is 14.6 Å². The highest BCUT2D eigenvalue weighted by Gasteiger charge is 2.39. The number of H-pyrrole nitrogens is 1. The number of hydrogen-bond acceptors (Lipinski definition) is 4. The Bertz CT molecular complexity index is 1030. The summed E-state index contributed by atoms with van der Waals surface area (Å²) < 4.78 is 5.88. The van der Waals surface area contributed by atoms with Crippen molar-refractivity contribution in [3.8, 4) is 5.75 Å². The summed E-state index contributed by atoms with van der Waals surface area (Å²) in [6.07, 6.45) is 5.22. The molecular weight excluding hydrogens is 412 g/mol. The lowest BCUT2D eigenvalue weighted by Crippen LogP contribution is -2.47. The molecule has 2 aliphatic heterocycles. The van der Waals surface area contributed by atoms with Crippen LogP contribution < -0.4 is 4.74 Å². The average Bonchev–Trinajstić information content (AvgIpc) is 3.34. The third kappa shape index (κ3) is 5.11. The number of amides is 1. The van der Waals surface area contributed by atoms with Crippen LogP contribution in [0.1, 0.15) is 35.8 Å². The smallest absolute Gasteiger partial charge is 0.227 e. The van der Waals surface area contributed by atoms with Crippen molar-refractivity contribution in [2.45, 2.75) is 31.7 Å². The van der Waals surface area contributed by atoms with E-state index >= 15 is 0 Å². The van der Waals surface area contributed by atoms with Gasteiger partial charge in [-0.3, -0.25) is 9.69 Å². The van der Waals surface area contributed by atoms with Crippen LogP contribution in [0.3, 0.4) is 0 Å². The van der Waals surface area contributed by atoms with E-state index in [1.807, 2.05) is 60.7 Å². The van der Waals surface area contributed by atoms with Crippen LogP contribution in [0.4, 0.5) is 0 Å². The van der Waals surface area contributed by atoms with Crippen molar-refractivity contribution < 1.29 is 9.53 Å². The number of imidazole rings is 1. The van der Waals surface area contributed by atoms with E-state index in [0.29, 0.717) is 18.9 Å². The quantitative estimate of drug-likeness (QED) is 0.601. The summed E-state index contributed by atoms with van der Waals surface area (Å²) in [5.41, 5.74) is 3.35. The van der Waals surface area contributed by atoms with E-state index in [9.17, 15) is 4.79 Å². The molecule has 1 atom stereocenters. The number of hydrogen-bond donors (Lipinski definition) is 1. The minimum atomic E-state index is 0.0685. The van der Waals surface area contributed by atoms with Crippen molar-refractivity contribution >= 4 is 5.91 Å². The predicted molar refractivity (Wildman–Crippen MR) is 128 cm³/mol. The van der Waals surface area contributed by atoms with Crippen LogP contribution in [0.25, 0.3) is 0 Å². The standard InChI is InChI=1S/C27H32N4O2/c32-25(19-21-7-3-1-4-8-21)31-16-13-24-26(29-20-28-24)27(31)22-11-14-30(15-12-22)17-18-33-23-9-5-2-6-10-23/h1-10,20,22,27H,11-19H2,(H,28,29). The lowest BCUT2D eigenvalue weighted by Gasteiger charge is -2.43. The maximum absolute atomic E-state index is 13.4. The van der Waals surface area contributed by atoms with Crippen molar-refractivity contribution in [2.24, 2.45) is 5.92 Å². The van der Waals surface area contributed by atoms with Crippen LogP contribution in [-0.4, -0.2) is 58.5 Å². The first-order valence-corrected chi connectivity index (χ1v) is 12.0. The predicted octanol–water partition coefficient (Wildman–Crippen LogP) is 3.87. The number of ether oxygens (including phenoxy) is 1. The summed E-state index contributed by atoms with van der Waals surface area (Å²) in [7, 11) is 0. The number of benzene rings is 2. The van der Waals surface area contributed by atoms with Gasteiger partial charge in [0.15, 0.2) is 0 Å². The first-order chi connectivity index (χ1) is 16.3. The minimum Gasteiger partial charge on any atom is -0.492 e. The number of fused-ring (bicyclic) bond motifs is 1. The van der Waals surface area contributed by atoms with Gasteiger partial charge in [0.05, 0.1) is 24.5 Å². The van der Waals surface area contributed by atoms with Gasteiger partial charge in [0, 0.05) is 25.2 Å². The number of para-hydroxylation sites is 1. The van der Waals surface area contributed by atoms with Crippen molar-refractivity contribution in [1.82, 2.24) is 19.8 Å². The zero-order valence-electron chi connectivity index (χ0n) is 19.0. The SMILES string of the molecule is O=C(Cc1ccccc1)N1CCc2[nH]cnc2C1C1CCN(CCOc2ccccc2)CC1. The Kier molecular flexibility index (Phi) is 6.72. The van der Waals surface area contributed by atoms with Crippen LogP contribution in [-0.2, 0) is 17.6 Å². The molecule has 2 aliphatic rings. The van der Waals surface area contributed by atoms with E-state index < -0.39 is 0 Å². The largest absolute Gasteiger partial charge is 0.492 e. The van der Waals surface area contributed by atoms with Crippen molar-refractivity contribution in [3.63, 3.8) is 0 Å². The van der Waals surface area contributed by atoms with Gasteiger partial charge in [-0.25, -0.2) is 4.98 Å². The Labute approximate surface area is 195 Å². The number of rotatable bonds is 7. The molecular formula is C27H32N4O2. The summed E-state index contributed by atoms with van der Waals surface area (Å²) in [4.78, 5) is 25.9. The van der Waals surface area contributed by atoms with Gasteiger partial charge in [0.1, 0.15) is 12.4 Å². The van der Waals surface area contributed by atoms with Crippen LogP contribution in [0.2, 0.25) is 0 Å². The number of likely N-dealkylation sites (tertiary alicyclic amines) is 1. The Morgan fingerprint density at radius 3 is 2.48 bits per heavy atom. The van der Waals surface area contributed by atoms with E-state index in [-0.39, 0.29) is 11.9 Å². The second-order valence-electron chi connectivity index (χ2n) is 9.05. The monoisotopic (exact) mass is 444 g/mol. The molecule has 1 unspecified atom stereocenters. The molecule has 1 aromatic heterocycles. The van der Waals surface area contributed by atoms with Gasteiger partial charge in [-0.15, -0.1) is 0 Å². The second kappa shape index (κ2) is 10.2. The molecule has 0 bridgehead atoms. The van der Waals surface area contributed by atoms with Gasteiger partial charge >= 0.3 is 0 Å². The lowest BCUT2D eigenvalue weighted by atomic mass is 9.83. The Morgan fingerprint density at radius 2 is 1.73 bits per heavy atom. The second-order valence-corrected chi connectivity index (χ2v) is 9.05. The maximum Gasteiger partial charge on any atom is 0.227 e. The molecule has 33 heavy (non-hydrogen) atoms. The number of nitrogens with zero attached hydrogens (tertiary/aromatic N) is 3. The topological polar surface area (TPSA) is 61.5 Å². The number of aromatic nitrogens is 2. The molecule has 0 saturated carbocycles. The Morgan fingerprint density at radius 1 is 1.00 bits per heavy atom. The highest BCUT2D eigenvalue weighted by molar-refractivity contribution is 5.79. The average molecular weight is 445 g/mol. The molecule has 1 N–H and O–H groups in total. The fourth-order valence-corrected chi connectivity index (χ4v) is 5.24. The number of carbonyl (C=O) groups is 1. The zero-order chi connectivity index (χ0) is 22.5. The van der Waals surface area contributed by atoms with E-state index in [0.717, 1.165) is 62.4 Å². The number of carbonyl (C=O) groups excluding carboxylic acids is 1. The van der Waals surface area contributed by atoms with Crippen molar-refractivity contribution in [3.05, 3.63) is 83.9 Å². The lowest BCUT2D eigenvalue weighted by molar-refractivity contribution is -0.135. The minimum absolute atomic E-state index is 0.0685. The van der Waals surface area contributed by atoms with Crippen molar-refractivity contribution in [1.29, 1.82) is 0 Å². The molecule has 5 rings (SSSR count). The first-order valence-electron chi connectivity index (χ1n) is 12.0. The molecule has 0 radical (unpaired) electrons. The maximum atomic E-state index is 13.4. The van der Waals surface area contributed by atoms with Crippen LogP contribution in [0.15, 0.2) is 67.0 Å². The van der Waals surface area contributed by atoms with Crippen LogP contribution in [0, 0.1) is 5.92 Å². The van der Waals surface area contributed by atoms with E-state index in [1.165, 1.54) is 5.69 Å². The summed E-state index contributed by atoms with van der Waals surface area (Å²) in [6.45, 7) is 4.44. The van der Waals surface area contributed by atoms with Gasteiger partial charge in [-0.05, 0) is 49.5 Å². The molecule has 0 spiro atoms. The summed E-state index contributed by atoms with van der Waals surface area (Å²) in [6, 6.07) is 20.1. The Balaban J connectivity index is 1.21. The molecule has 1 saturated heterocycles. The molecule has 172 valence electrons. The van der Waals surface area contributed by atoms with E-state index in [2.05, 4.69) is 19.8 Å². The van der Waals surface area contributed by atoms with Crippen LogP contribution >= 0.6 is 0 Å². The summed E-state index contributed by atoms with van der Waals surface area (Å²) >= 11 is 0. The molecule has 6 heteroatoms. The molecule has 1 fully saturated rings. The highest BCUT2D eigenvalue weighted by atomic mass is 16.5. The van der Waals surface area contributed by atoms with Gasteiger partial charge in [0.25, 0.3) is 0 Å². The number of nitrogens with one attached hydrogen (secondary N) is 1. The van der Waals surface area contributed by atoms with Crippen LogP contribution in [0.5, 0.6) is 5.75 Å². The number of aromatic amines is 1. The molecule has 3 heterocycles. The third-order valence-electron chi connectivity index (χ3n) is 6.99. The summed E-state index contributed by atoms with van der Waals surface area (Å²) in [5, 5.41) is 0. The first kappa shape index (κ1) is 21.7. The van der Waals surface area contributed by atoms with E-state index in [4.69, 9.17) is 4.74 Å². The van der Waals surface area contributed by atoms with Gasteiger partial charge in [-0.1, -0.05) is 48.5 Å². The summed E-state index contributed by atoms with van der Waals surface area (Å²) in [5.74, 6) is 1.56. The fraction of sp³-hybridized carbons (Fsp3) is 0.407. The fourth-order valence-electron chi connectivity index (χ4n) is 5.24. The van der Waals surface area contributed by atoms with Crippen molar-refractivity contribution in [2.75, 3.05) is 32.8 Å². The Hall–Kier alpha value is -3.12. The molecule has 0 aliphatic carbocycles. The molecule has 1 amide bonds. The normalized spacial score (nSPS) is 19.3. The molecule has 6 nitrogen and oxygen atoms in total. The highest BCUT2D eigenvalue weighted by Crippen LogP contribution is 2.39. The number of piperidine rings is 1.